The fourth-order valence-corrected chi connectivity index (χ4v) is 13.7. The fraction of sp³-hybridized carbons (Fsp3) is 0. The Balaban J connectivity index is 1.05. The molecule has 12 rings (SSSR count). The molecule has 2 nitrogen and oxygen atoms in total. The lowest BCUT2D eigenvalue weighted by atomic mass is 10.0. The number of aromatic nitrogens is 2. The first kappa shape index (κ1) is 37.0. The Bertz CT molecular complexity index is 3380. The van der Waals surface area contributed by atoms with Gasteiger partial charge in [-0.25, -0.2) is 0 Å². The van der Waals surface area contributed by atoms with Crippen LogP contribution < -0.4 is 0 Å². The van der Waals surface area contributed by atoms with Crippen LogP contribution in [0.2, 0.25) is 0 Å². The number of hydrogen-bond acceptors (Lipinski definition) is 0. The number of fused-ring (bicyclic) bond motifs is 6. The summed E-state index contributed by atoms with van der Waals surface area (Å²) in [6.45, 7) is 0. The lowest BCUT2D eigenvalue weighted by Crippen LogP contribution is -2.05. The van der Waals surface area contributed by atoms with Gasteiger partial charge in [-0.1, -0.05) is 158 Å². The molecular weight excluding hydrogens is 781 g/mol. The van der Waals surface area contributed by atoms with Gasteiger partial charge in [0.25, 0.3) is 0 Å². The molecule has 0 aliphatic carbocycles. The van der Waals surface area contributed by atoms with Crippen LogP contribution in [0.1, 0.15) is 0 Å². The number of nitrogens with zero attached hydrogens (tertiary/aromatic N) is 2. The zero-order valence-electron chi connectivity index (χ0n) is 34.6. The molecule has 2 heterocycles. The fourth-order valence-electron chi connectivity index (χ4n) is 9.78. The van der Waals surface area contributed by atoms with Crippen molar-refractivity contribution in [3.05, 3.63) is 255 Å². The Labute approximate surface area is 368 Å². The van der Waals surface area contributed by atoms with Gasteiger partial charge in [0.15, 0.2) is 0 Å². The number of rotatable bonds is 8. The minimum atomic E-state index is -1.80. The first-order chi connectivity index (χ1) is 31.3. The number of benzene rings is 10. The molecule has 0 aliphatic rings. The summed E-state index contributed by atoms with van der Waals surface area (Å²) in [5.41, 5.74) is 11.8. The van der Waals surface area contributed by atoms with Crippen molar-refractivity contribution in [2.45, 2.75) is 19.6 Å². The summed E-state index contributed by atoms with van der Waals surface area (Å²) < 4.78 is 4.92. The van der Waals surface area contributed by atoms with E-state index in [-0.39, 0.29) is 0 Å². The molecule has 0 radical (unpaired) electrons. The zero-order chi connectivity index (χ0) is 41.7. The third-order valence-electron chi connectivity index (χ3n) is 12.6. The highest BCUT2D eigenvalue weighted by atomic mass is 32.3. The summed E-state index contributed by atoms with van der Waals surface area (Å²) >= 11 is 0. The highest BCUT2D eigenvalue weighted by Crippen LogP contribution is 2.73. The Morgan fingerprint density at radius 2 is 0.603 bits per heavy atom. The topological polar surface area (TPSA) is 9.86 Å². The van der Waals surface area contributed by atoms with Gasteiger partial charge in [0.1, 0.15) is 0 Å². The van der Waals surface area contributed by atoms with E-state index in [0.717, 1.165) is 11.4 Å². The van der Waals surface area contributed by atoms with Gasteiger partial charge in [-0.15, -0.1) is 10.0 Å². The molecule has 0 unspecified atom stereocenters. The van der Waals surface area contributed by atoms with Gasteiger partial charge in [0, 0.05) is 52.5 Å². The molecule has 0 fully saturated rings. The van der Waals surface area contributed by atoms with Crippen molar-refractivity contribution < 1.29 is 0 Å². The molecule has 0 spiro atoms. The van der Waals surface area contributed by atoms with Crippen molar-refractivity contribution >= 4 is 53.6 Å². The molecule has 298 valence electrons. The van der Waals surface area contributed by atoms with Crippen LogP contribution in [0.4, 0.5) is 0 Å². The molecule has 0 saturated carbocycles. The minimum absolute atomic E-state index is 1.14. The van der Waals surface area contributed by atoms with Crippen LogP contribution in [0.3, 0.4) is 0 Å². The van der Waals surface area contributed by atoms with E-state index in [4.69, 9.17) is 0 Å². The first-order valence-electron chi connectivity index (χ1n) is 21.6. The summed E-state index contributed by atoms with van der Waals surface area (Å²) in [7, 11) is -1.80. The summed E-state index contributed by atoms with van der Waals surface area (Å²) in [6.07, 6.45) is 0. The van der Waals surface area contributed by atoms with E-state index in [9.17, 15) is 0 Å². The maximum atomic E-state index is 2.48. The molecule has 3 heteroatoms. The maximum absolute atomic E-state index is 2.48. The Morgan fingerprint density at radius 1 is 0.222 bits per heavy atom. The number of para-hydroxylation sites is 1. The van der Waals surface area contributed by atoms with Crippen LogP contribution in [0.25, 0.3) is 77.2 Å². The molecule has 0 aliphatic heterocycles. The molecular formula is C60H42N2S. The van der Waals surface area contributed by atoms with E-state index >= 15 is 0 Å². The van der Waals surface area contributed by atoms with Crippen LogP contribution in [0, 0.1) is 0 Å². The summed E-state index contributed by atoms with van der Waals surface area (Å²) in [4.78, 5) is 5.25. The van der Waals surface area contributed by atoms with E-state index in [0.29, 0.717) is 0 Å². The molecule has 0 N–H and O–H groups in total. The normalized spacial score (nSPS) is 12.1. The van der Waals surface area contributed by atoms with E-state index in [1.54, 1.807) is 0 Å². The smallest absolute Gasteiger partial charge is 0.0547 e. The molecule has 2 aromatic heterocycles. The predicted octanol–water partition coefficient (Wildman–Crippen LogP) is 16.6. The quantitative estimate of drug-likeness (QED) is 0.144. The second-order valence-electron chi connectivity index (χ2n) is 16.1. The highest BCUT2D eigenvalue weighted by molar-refractivity contribution is 8.34. The average molecular weight is 823 g/mol. The summed E-state index contributed by atoms with van der Waals surface area (Å²) in [5.74, 6) is 0. The van der Waals surface area contributed by atoms with E-state index in [2.05, 4.69) is 264 Å². The van der Waals surface area contributed by atoms with Crippen LogP contribution in [-0.4, -0.2) is 9.13 Å². The van der Waals surface area contributed by atoms with Crippen LogP contribution in [0.15, 0.2) is 274 Å². The van der Waals surface area contributed by atoms with Gasteiger partial charge >= 0.3 is 0 Å². The largest absolute Gasteiger partial charge is 0.309 e. The Morgan fingerprint density at radius 3 is 1.11 bits per heavy atom. The third-order valence-corrected chi connectivity index (χ3v) is 16.6. The molecule has 10 aromatic carbocycles. The van der Waals surface area contributed by atoms with Crippen molar-refractivity contribution in [2.75, 3.05) is 0 Å². The molecule has 0 atom stereocenters. The van der Waals surface area contributed by atoms with Gasteiger partial charge in [0.05, 0.1) is 22.1 Å². The summed E-state index contributed by atoms with van der Waals surface area (Å²) in [6, 6.07) is 93.8. The van der Waals surface area contributed by atoms with Crippen molar-refractivity contribution in [3.8, 4) is 33.6 Å². The van der Waals surface area contributed by atoms with Crippen molar-refractivity contribution in [2.24, 2.45) is 0 Å². The molecule has 0 amide bonds. The highest BCUT2D eigenvalue weighted by Gasteiger charge is 2.33. The maximum Gasteiger partial charge on any atom is 0.0547 e. The SMILES string of the molecule is c1ccc(-c2ccc3c4ccc(-c5ccccc5)cc4n(-c4ccc5c(c4)c4ccccc4n5-c4ccc(S(c5ccccc5)(c5ccccc5)c5ccccc5)cc4)c3c2)cc1. The monoisotopic (exact) mass is 822 g/mol. The lowest BCUT2D eigenvalue weighted by Gasteiger charge is -2.42. The Kier molecular flexibility index (Phi) is 8.95. The molecule has 0 bridgehead atoms. The average Bonchev–Trinajstić information content (AvgIpc) is 3.87. The second-order valence-corrected chi connectivity index (χ2v) is 19.2. The van der Waals surface area contributed by atoms with Crippen molar-refractivity contribution in [3.63, 3.8) is 0 Å². The van der Waals surface area contributed by atoms with E-state index < -0.39 is 10.0 Å². The van der Waals surface area contributed by atoms with Crippen LogP contribution >= 0.6 is 10.0 Å². The van der Waals surface area contributed by atoms with Gasteiger partial charge in [-0.2, -0.15) is 0 Å². The third kappa shape index (κ3) is 6.04. The van der Waals surface area contributed by atoms with Crippen molar-refractivity contribution in [1.82, 2.24) is 9.13 Å². The van der Waals surface area contributed by atoms with Crippen LogP contribution in [-0.2, 0) is 0 Å². The van der Waals surface area contributed by atoms with E-state index in [1.165, 1.54) is 85.4 Å². The van der Waals surface area contributed by atoms with Crippen molar-refractivity contribution in [1.29, 1.82) is 0 Å². The van der Waals surface area contributed by atoms with Gasteiger partial charge in [-0.05, 0) is 119 Å². The lowest BCUT2D eigenvalue weighted by molar-refractivity contribution is 1.15. The standard InChI is InChI=1S/C60H42N2S/c1-6-18-43(19-7-1)45-30-37-54-55-38-31-46(44-20-8-2-9-21-44)41-60(55)62(59(54)40-45)48-34-39-58-56(42-48)53-28-16-17-29-57(53)61(58)47-32-35-52(36-33-47)63(49-22-10-3-11-23-49,50-24-12-4-13-25-50)51-26-14-5-15-27-51/h1-42H. The van der Waals surface area contributed by atoms with Gasteiger partial charge in [0.2, 0.25) is 0 Å². The minimum Gasteiger partial charge on any atom is -0.309 e. The van der Waals surface area contributed by atoms with Gasteiger partial charge < -0.3 is 9.13 Å². The second kappa shape index (κ2) is 15.3. The molecule has 0 saturated heterocycles. The Hall–Kier alpha value is -7.85. The predicted molar refractivity (Wildman–Crippen MR) is 266 cm³/mol. The van der Waals surface area contributed by atoms with Crippen LogP contribution in [0.5, 0.6) is 0 Å². The first-order valence-corrected chi connectivity index (χ1v) is 23.2. The molecule has 63 heavy (non-hydrogen) atoms. The van der Waals surface area contributed by atoms with E-state index in [1.807, 2.05) is 0 Å². The van der Waals surface area contributed by atoms with Gasteiger partial charge in [-0.3, -0.25) is 0 Å². The molecule has 12 aromatic rings. The summed E-state index contributed by atoms with van der Waals surface area (Å²) in [5, 5.41) is 4.93. The number of hydrogen-bond donors (Lipinski definition) is 0. The zero-order valence-corrected chi connectivity index (χ0v) is 35.4.